The first-order valence-corrected chi connectivity index (χ1v) is 10.7. The van der Waals surface area contributed by atoms with Crippen molar-refractivity contribution in [3.8, 4) is 11.6 Å². The van der Waals surface area contributed by atoms with E-state index in [4.69, 9.17) is 9.47 Å². The van der Waals surface area contributed by atoms with Crippen LogP contribution in [0.5, 0.6) is 5.75 Å². The summed E-state index contributed by atoms with van der Waals surface area (Å²) in [5.74, 6) is 1.54. The van der Waals surface area contributed by atoms with Crippen LogP contribution >= 0.6 is 0 Å². The Morgan fingerprint density at radius 3 is 2.66 bits per heavy atom. The highest BCUT2D eigenvalue weighted by molar-refractivity contribution is 5.73. The molecule has 0 aliphatic carbocycles. The highest BCUT2D eigenvalue weighted by atomic mass is 16.5. The van der Waals surface area contributed by atoms with Crippen molar-refractivity contribution in [2.75, 3.05) is 39.5 Å². The number of aromatic nitrogens is 3. The molecule has 32 heavy (non-hydrogen) atoms. The molecule has 2 N–H and O–H groups in total. The lowest BCUT2D eigenvalue weighted by atomic mass is 10.2. The van der Waals surface area contributed by atoms with E-state index in [9.17, 15) is 4.79 Å². The van der Waals surface area contributed by atoms with Gasteiger partial charge in [0.05, 0.1) is 13.2 Å². The average molecular weight is 437 g/mol. The first-order valence-electron chi connectivity index (χ1n) is 10.7. The fourth-order valence-electron chi connectivity index (χ4n) is 3.35. The number of hydrogen-bond acceptors (Lipinski definition) is 6. The highest BCUT2D eigenvalue weighted by Gasteiger charge is 2.10. The van der Waals surface area contributed by atoms with Crippen molar-refractivity contribution in [1.29, 1.82) is 0 Å². The Bertz CT molecular complexity index is 972. The van der Waals surface area contributed by atoms with E-state index >= 15 is 0 Å². The number of nitrogens with one attached hydrogen (secondary N) is 2. The molecule has 0 bridgehead atoms. The summed E-state index contributed by atoms with van der Waals surface area (Å²) in [4.78, 5) is 18.9. The van der Waals surface area contributed by atoms with Gasteiger partial charge in [-0.2, -0.15) is 5.10 Å². The molecule has 1 fully saturated rings. The second kappa shape index (κ2) is 11.3. The van der Waals surface area contributed by atoms with Crippen LogP contribution in [0.15, 0.2) is 61.1 Å². The maximum Gasteiger partial charge on any atom is 0.315 e. The van der Waals surface area contributed by atoms with Crippen LogP contribution < -0.4 is 15.4 Å². The third-order valence-corrected chi connectivity index (χ3v) is 5.13. The van der Waals surface area contributed by atoms with E-state index in [2.05, 4.69) is 25.6 Å². The molecule has 3 heterocycles. The van der Waals surface area contributed by atoms with Gasteiger partial charge in [-0.15, -0.1) is 0 Å². The molecule has 0 atom stereocenters. The molecule has 0 saturated carbocycles. The predicted octanol–water partition coefficient (Wildman–Crippen LogP) is 1.98. The van der Waals surface area contributed by atoms with Crippen molar-refractivity contribution < 1.29 is 14.3 Å². The Morgan fingerprint density at radius 2 is 1.91 bits per heavy atom. The number of carbonyl (C=O) groups is 1. The lowest BCUT2D eigenvalue weighted by Gasteiger charge is -2.26. The summed E-state index contributed by atoms with van der Waals surface area (Å²) in [6, 6.07) is 13.2. The quantitative estimate of drug-likeness (QED) is 0.533. The zero-order chi connectivity index (χ0) is 22.0. The molecule has 2 amide bonds. The number of carbonyl (C=O) groups excluding carboxylic acids is 1. The van der Waals surface area contributed by atoms with Crippen molar-refractivity contribution in [2.45, 2.75) is 13.1 Å². The topological polar surface area (TPSA) is 93.5 Å². The van der Waals surface area contributed by atoms with Crippen LogP contribution in [0.25, 0.3) is 5.82 Å². The number of rotatable bonds is 9. The van der Waals surface area contributed by atoms with Crippen molar-refractivity contribution >= 4 is 6.03 Å². The van der Waals surface area contributed by atoms with E-state index in [0.717, 1.165) is 55.5 Å². The Labute approximate surface area is 187 Å². The predicted molar refractivity (Wildman–Crippen MR) is 120 cm³/mol. The summed E-state index contributed by atoms with van der Waals surface area (Å²) in [5.41, 5.74) is 1.89. The molecule has 168 valence electrons. The third kappa shape index (κ3) is 6.53. The molecular formula is C23H28N6O3. The van der Waals surface area contributed by atoms with Gasteiger partial charge in [0.25, 0.3) is 0 Å². The second-order valence-corrected chi connectivity index (χ2v) is 7.46. The molecule has 9 nitrogen and oxygen atoms in total. The maximum atomic E-state index is 12.2. The van der Waals surface area contributed by atoms with Gasteiger partial charge >= 0.3 is 6.03 Å². The van der Waals surface area contributed by atoms with Crippen LogP contribution in [0, 0.1) is 0 Å². The van der Waals surface area contributed by atoms with E-state index in [-0.39, 0.29) is 6.03 Å². The van der Waals surface area contributed by atoms with Gasteiger partial charge in [0.15, 0.2) is 5.82 Å². The second-order valence-electron chi connectivity index (χ2n) is 7.46. The number of pyridine rings is 1. The number of amides is 2. The molecule has 1 saturated heterocycles. The first kappa shape index (κ1) is 21.8. The van der Waals surface area contributed by atoms with Gasteiger partial charge in [-0.3, -0.25) is 4.90 Å². The van der Waals surface area contributed by atoms with Gasteiger partial charge < -0.3 is 20.1 Å². The van der Waals surface area contributed by atoms with Gasteiger partial charge in [0.2, 0.25) is 0 Å². The highest BCUT2D eigenvalue weighted by Crippen LogP contribution is 2.13. The maximum absolute atomic E-state index is 12.2. The lowest BCUT2D eigenvalue weighted by Crippen LogP contribution is -2.38. The van der Waals surface area contributed by atoms with Crippen molar-refractivity contribution in [1.82, 2.24) is 30.3 Å². The Morgan fingerprint density at radius 1 is 1.06 bits per heavy atom. The minimum Gasteiger partial charge on any atom is -0.492 e. The van der Waals surface area contributed by atoms with E-state index in [1.165, 1.54) is 0 Å². The standard InChI is InChI=1S/C23H28N6O3/c30-23(26-18-20-5-6-22(24-17-20)29-8-2-7-27-29)25-16-19-3-1-4-21(15-19)32-14-11-28-9-12-31-13-10-28/h1-8,15,17H,9-14,16,18H2,(H2,25,26,30). The monoisotopic (exact) mass is 436 g/mol. The molecule has 0 unspecified atom stereocenters. The number of benzene rings is 1. The third-order valence-electron chi connectivity index (χ3n) is 5.13. The molecule has 4 rings (SSSR count). The molecule has 2 aromatic heterocycles. The summed E-state index contributed by atoms with van der Waals surface area (Å²) >= 11 is 0. The number of morpholine rings is 1. The SMILES string of the molecule is O=C(NCc1ccc(-n2cccn2)nc1)NCc1cccc(OCCN2CCOCC2)c1. The normalized spacial score (nSPS) is 14.1. The minimum absolute atomic E-state index is 0.236. The van der Waals surface area contributed by atoms with E-state index < -0.39 is 0 Å². The molecule has 1 aliphatic rings. The number of nitrogens with zero attached hydrogens (tertiary/aromatic N) is 4. The zero-order valence-corrected chi connectivity index (χ0v) is 17.9. The zero-order valence-electron chi connectivity index (χ0n) is 17.9. The Balaban J connectivity index is 1.17. The summed E-state index contributed by atoms with van der Waals surface area (Å²) in [7, 11) is 0. The average Bonchev–Trinajstić information content (AvgIpc) is 3.38. The molecule has 0 radical (unpaired) electrons. The number of ether oxygens (including phenoxy) is 2. The summed E-state index contributed by atoms with van der Waals surface area (Å²) in [6.45, 7) is 5.80. The number of hydrogen-bond donors (Lipinski definition) is 2. The molecule has 0 spiro atoms. The fraction of sp³-hybridized carbons (Fsp3) is 0.348. The van der Waals surface area contributed by atoms with Crippen LogP contribution in [0.2, 0.25) is 0 Å². The van der Waals surface area contributed by atoms with E-state index in [0.29, 0.717) is 19.7 Å². The van der Waals surface area contributed by atoms with Crippen LogP contribution in [0.1, 0.15) is 11.1 Å². The minimum atomic E-state index is -0.236. The van der Waals surface area contributed by atoms with Gasteiger partial charge in [-0.05, 0) is 35.4 Å². The van der Waals surface area contributed by atoms with E-state index in [1.807, 2.05) is 48.7 Å². The van der Waals surface area contributed by atoms with Crippen molar-refractivity contribution in [3.63, 3.8) is 0 Å². The van der Waals surface area contributed by atoms with Crippen LogP contribution in [-0.2, 0) is 17.8 Å². The number of urea groups is 1. The van der Waals surface area contributed by atoms with Crippen LogP contribution in [-0.4, -0.2) is 65.2 Å². The smallest absolute Gasteiger partial charge is 0.315 e. The summed E-state index contributed by atoms with van der Waals surface area (Å²) < 4.78 is 12.9. The molecule has 1 aromatic carbocycles. The summed E-state index contributed by atoms with van der Waals surface area (Å²) in [6.07, 6.45) is 5.27. The lowest BCUT2D eigenvalue weighted by molar-refractivity contribution is 0.0322. The fourth-order valence-corrected chi connectivity index (χ4v) is 3.35. The Kier molecular flexibility index (Phi) is 7.67. The van der Waals surface area contributed by atoms with Gasteiger partial charge in [0.1, 0.15) is 12.4 Å². The van der Waals surface area contributed by atoms with Crippen LogP contribution in [0.4, 0.5) is 4.79 Å². The summed E-state index contributed by atoms with van der Waals surface area (Å²) in [5, 5.41) is 9.87. The Hall–Kier alpha value is -3.43. The van der Waals surface area contributed by atoms with Gasteiger partial charge in [0, 0.05) is 51.3 Å². The van der Waals surface area contributed by atoms with E-state index in [1.54, 1.807) is 17.1 Å². The first-order chi connectivity index (χ1) is 15.8. The molecular weight excluding hydrogens is 408 g/mol. The van der Waals surface area contributed by atoms with Crippen molar-refractivity contribution in [3.05, 3.63) is 72.2 Å². The van der Waals surface area contributed by atoms with Gasteiger partial charge in [-0.1, -0.05) is 18.2 Å². The molecule has 3 aromatic rings. The molecule has 9 heteroatoms. The van der Waals surface area contributed by atoms with Crippen molar-refractivity contribution in [2.24, 2.45) is 0 Å². The van der Waals surface area contributed by atoms with Gasteiger partial charge in [-0.25, -0.2) is 14.5 Å². The largest absolute Gasteiger partial charge is 0.492 e. The molecule has 1 aliphatic heterocycles. The van der Waals surface area contributed by atoms with Crippen LogP contribution in [0.3, 0.4) is 0 Å².